The fraction of sp³-hybridized carbons (Fsp3) is 0.600. The van der Waals surface area contributed by atoms with Gasteiger partial charge < -0.3 is 15.2 Å². The van der Waals surface area contributed by atoms with E-state index in [-0.39, 0.29) is 0 Å². The highest BCUT2D eigenvalue weighted by atomic mass is 16.5. The second kappa shape index (κ2) is 6.78. The molecule has 1 aromatic rings. The second-order valence-electron chi connectivity index (χ2n) is 5.26. The molecule has 0 spiro atoms. The molecule has 106 valence electrons. The first-order chi connectivity index (χ1) is 9.22. The molecule has 0 aromatic heterocycles. The molecule has 1 aliphatic rings. The van der Waals surface area contributed by atoms with Crippen molar-refractivity contribution in [1.29, 1.82) is 0 Å². The fourth-order valence-corrected chi connectivity index (χ4v) is 2.75. The van der Waals surface area contributed by atoms with Crippen molar-refractivity contribution >= 4 is 5.69 Å². The van der Waals surface area contributed by atoms with Gasteiger partial charge in [-0.05, 0) is 49.1 Å². The standard InChI is InChI=1S/C15H24N2O2/c1-18-11-12-4-3-7-17(9-12)10-13-8-14(19-2)5-6-15(13)16/h5-6,8,12H,3-4,7,9-11,16H2,1-2H3. The van der Waals surface area contributed by atoms with Gasteiger partial charge >= 0.3 is 0 Å². The molecule has 1 atom stereocenters. The lowest BCUT2D eigenvalue weighted by atomic mass is 9.98. The first kappa shape index (κ1) is 14.2. The van der Waals surface area contributed by atoms with E-state index in [4.69, 9.17) is 15.2 Å². The van der Waals surface area contributed by atoms with E-state index >= 15 is 0 Å². The van der Waals surface area contributed by atoms with Crippen molar-refractivity contribution < 1.29 is 9.47 Å². The van der Waals surface area contributed by atoms with Crippen molar-refractivity contribution in [2.45, 2.75) is 19.4 Å². The smallest absolute Gasteiger partial charge is 0.119 e. The number of rotatable bonds is 5. The fourth-order valence-electron chi connectivity index (χ4n) is 2.75. The molecule has 1 unspecified atom stereocenters. The summed E-state index contributed by atoms with van der Waals surface area (Å²) < 4.78 is 10.5. The number of nitrogen functional groups attached to an aromatic ring is 1. The Kier molecular flexibility index (Phi) is 5.05. The summed E-state index contributed by atoms with van der Waals surface area (Å²) in [5.41, 5.74) is 8.04. The van der Waals surface area contributed by atoms with Gasteiger partial charge in [0.25, 0.3) is 0 Å². The summed E-state index contributed by atoms with van der Waals surface area (Å²) >= 11 is 0. The number of anilines is 1. The Balaban J connectivity index is 2.00. The molecule has 0 aliphatic carbocycles. The Hall–Kier alpha value is -1.26. The molecule has 1 fully saturated rings. The minimum absolute atomic E-state index is 0.644. The van der Waals surface area contributed by atoms with Crippen LogP contribution in [0.1, 0.15) is 18.4 Å². The van der Waals surface area contributed by atoms with Crippen LogP contribution in [0.25, 0.3) is 0 Å². The zero-order valence-corrected chi connectivity index (χ0v) is 11.9. The molecule has 0 radical (unpaired) electrons. The largest absolute Gasteiger partial charge is 0.497 e. The van der Waals surface area contributed by atoms with E-state index in [0.29, 0.717) is 5.92 Å². The van der Waals surface area contributed by atoms with Crippen LogP contribution in [-0.2, 0) is 11.3 Å². The quantitative estimate of drug-likeness (QED) is 0.828. The maximum Gasteiger partial charge on any atom is 0.119 e. The average molecular weight is 264 g/mol. The van der Waals surface area contributed by atoms with Crippen molar-refractivity contribution in [3.63, 3.8) is 0 Å². The van der Waals surface area contributed by atoms with Crippen LogP contribution in [0.3, 0.4) is 0 Å². The molecule has 0 bridgehead atoms. The Bertz CT molecular complexity index is 407. The minimum atomic E-state index is 0.644. The summed E-state index contributed by atoms with van der Waals surface area (Å²) in [7, 11) is 3.46. The van der Waals surface area contributed by atoms with Crippen molar-refractivity contribution in [3.8, 4) is 5.75 Å². The number of ether oxygens (including phenoxy) is 2. The summed E-state index contributed by atoms with van der Waals surface area (Å²) in [6, 6.07) is 5.86. The second-order valence-corrected chi connectivity index (χ2v) is 5.26. The third-order valence-corrected chi connectivity index (χ3v) is 3.75. The van der Waals surface area contributed by atoms with E-state index in [0.717, 1.165) is 43.2 Å². The van der Waals surface area contributed by atoms with Crippen LogP contribution >= 0.6 is 0 Å². The normalized spacial score (nSPS) is 20.4. The van der Waals surface area contributed by atoms with Crippen LogP contribution in [0.4, 0.5) is 5.69 Å². The monoisotopic (exact) mass is 264 g/mol. The highest BCUT2D eigenvalue weighted by molar-refractivity contribution is 5.50. The highest BCUT2D eigenvalue weighted by Crippen LogP contribution is 2.24. The van der Waals surface area contributed by atoms with Crippen LogP contribution in [-0.4, -0.2) is 38.8 Å². The van der Waals surface area contributed by atoms with Gasteiger partial charge in [0.1, 0.15) is 5.75 Å². The number of hydrogen-bond donors (Lipinski definition) is 1. The van der Waals surface area contributed by atoms with Crippen molar-refractivity contribution in [3.05, 3.63) is 23.8 Å². The van der Waals surface area contributed by atoms with Gasteiger partial charge in [0, 0.05) is 25.9 Å². The Morgan fingerprint density at radius 3 is 2.95 bits per heavy atom. The molecular formula is C15H24N2O2. The van der Waals surface area contributed by atoms with E-state index in [2.05, 4.69) is 4.90 Å². The maximum atomic E-state index is 6.05. The number of nitrogens with zero attached hydrogens (tertiary/aromatic N) is 1. The van der Waals surface area contributed by atoms with Crippen LogP contribution in [0, 0.1) is 5.92 Å². The van der Waals surface area contributed by atoms with Gasteiger partial charge in [0.15, 0.2) is 0 Å². The maximum absolute atomic E-state index is 6.05. The molecule has 0 saturated carbocycles. The summed E-state index contributed by atoms with van der Waals surface area (Å²) in [6.45, 7) is 3.97. The summed E-state index contributed by atoms with van der Waals surface area (Å²) in [5, 5.41) is 0. The molecule has 4 heteroatoms. The molecule has 1 aromatic carbocycles. The molecule has 1 aliphatic heterocycles. The third-order valence-electron chi connectivity index (χ3n) is 3.75. The van der Waals surface area contributed by atoms with Gasteiger partial charge in [-0.2, -0.15) is 0 Å². The Morgan fingerprint density at radius 1 is 1.37 bits per heavy atom. The van der Waals surface area contributed by atoms with E-state index in [1.165, 1.54) is 12.8 Å². The van der Waals surface area contributed by atoms with E-state index < -0.39 is 0 Å². The van der Waals surface area contributed by atoms with Gasteiger partial charge in [0.2, 0.25) is 0 Å². The predicted octanol–water partition coefficient (Wildman–Crippen LogP) is 2.14. The van der Waals surface area contributed by atoms with Gasteiger partial charge in [-0.3, -0.25) is 4.90 Å². The molecule has 19 heavy (non-hydrogen) atoms. The van der Waals surface area contributed by atoms with Gasteiger partial charge in [0.05, 0.1) is 13.7 Å². The van der Waals surface area contributed by atoms with Crippen LogP contribution < -0.4 is 10.5 Å². The lowest BCUT2D eigenvalue weighted by molar-refractivity contribution is 0.0874. The molecule has 1 heterocycles. The number of methoxy groups -OCH3 is 2. The molecular weight excluding hydrogens is 240 g/mol. The molecule has 0 amide bonds. The summed E-state index contributed by atoms with van der Waals surface area (Å²) in [6.07, 6.45) is 2.50. The van der Waals surface area contributed by atoms with Crippen LogP contribution in [0.15, 0.2) is 18.2 Å². The zero-order chi connectivity index (χ0) is 13.7. The van der Waals surface area contributed by atoms with Gasteiger partial charge in [-0.25, -0.2) is 0 Å². The van der Waals surface area contributed by atoms with E-state index in [9.17, 15) is 0 Å². The van der Waals surface area contributed by atoms with E-state index in [1.54, 1.807) is 14.2 Å². The van der Waals surface area contributed by atoms with Crippen LogP contribution in [0.2, 0.25) is 0 Å². The predicted molar refractivity (Wildman–Crippen MR) is 77.3 cm³/mol. The minimum Gasteiger partial charge on any atom is -0.497 e. The van der Waals surface area contributed by atoms with Crippen LogP contribution in [0.5, 0.6) is 5.75 Å². The van der Waals surface area contributed by atoms with Gasteiger partial charge in [-0.15, -0.1) is 0 Å². The van der Waals surface area contributed by atoms with Crippen molar-refractivity contribution in [2.75, 3.05) is 39.6 Å². The summed E-state index contributed by atoms with van der Waals surface area (Å²) in [5.74, 6) is 1.51. The molecule has 1 saturated heterocycles. The first-order valence-corrected chi connectivity index (χ1v) is 6.86. The molecule has 4 nitrogen and oxygen atoms in total. The summed E-state index contributed by atoms with van der Waals surface area (Å²) in [4.78, 5) is 2.46. The number of piperidine rings is 1. The lowest BCUT2D eigenvalue weighted by Crippen LogP contribution is -2.36. The number of benzene rings is 1. The zero-order valence-electron chi connectivity index (χ0n) is 11.9. The Morgan fingerprint density at radius 2 is 2.21 bits per heavy atom. The topological polar surface area (TPSA) is 47.7 Å². The van der Waals surface area contributed by atoms with E-state index in [1.807, 2.05) is 18.2 Å². The number of hydrogen-bond acceptors (Lipinski definition) is 4. The molecule has 2 rings (SSSR count). The SMILES string of the molecule is COCC1CCCN(Cc2cc(OC)ccc2N)C1. The lowest BCUT2D eigenvalue weighted by Gasteiger charge is -2.32. The number of nitrogens with two attached hydrogens (primary N) is 1. The van der Waals surface area contributed by atoms with Gasteiger partial charge in [-0.1, -0.05) is 0 Å². The average Bonchev–Trinajstić information content (AvgIpc) is 2.42. The highest BCUT2D eigenvalue weighted by Gasteiger charge is 2.20. The number of likely N-dealkylation sites (tertiary alicyclic amines) is 1. The van der Waals surface area contributed by atoms with Crippen molar-refractivity contribution in [1.82, 2.24) is 4.90 Å². The first-order valence-electron chi connectivity index (χ1n) is 6.86. The Labute approximate surface area is 115 Å². The third kappa shape index (κ3) is 3.85. The molecule has 2 N–H and O–H groups in total. The van der Waals surface area contributed by atoms with Crippen molar-refractivity contribution in [2.24, 2.45) is 5.92 Å².